The lowest BCUT2D eigenvalue weighted by Gasteiger charge is -2.34. The zero-order valence-electron chi connectivity index (χ0n) is 16.8. The first kappa shape index (κ1) is 19.6. The fraction of sp³-hybridized carbons (Fsp3) is 0.250. The summed E-state index contributed by atoms with van der Waals surface area (Å²) in [6, 6.07) is 17.4. The summed E-state index contributed by atoms with van der Waals surface area (Å²) in [6.45, 7) is 0. The third-order valence-corrected chi connectivity index (χ3v) is 5.68. The Morgan fingerprint density at radius 2 is 1.83 bits per heavy atom. The SMILES string of the molecule is COc1cccc([C@H]2C(C#N)=C(N)OC3=C2C(=O)C[C@@H](c2ccccc2)C3)c1OC. The number of methoxy groups -OCH3 is 2. The predicted octanol–water partition coefficient (Wildman–Crippen LogP) is 3.91. The summed E-state index contributed by atoms with van der Waals surface area (Å²) >= 11 is 0. The zero-order chi connectivity index (χ0) is 21.3. The molecule has 0 unspecified atom stereocenters. The average Bonchev–Trinajstić information content (AvgIpc) is 2.77. The topological polar surface area (TPSA) is 94.6 Å². The number of allylic oxidation sites excluding steroid dienone is 3. The van der Waals surface area contributed by atoms with Gasteiger partial charge in [0.15, 0.2) is 17.3 Å². The number of rotatable bonds is 4. The smallest absolute Gasteiger partial charge is 0.205 e. The van der Waals surface area contributed by atoms with Gasteiger partial charge in [-0.15, -0.1) is 0 Å². The van der Waals surface area contributed by atoms with Gasteiger partial charge in [-0.1, -0.05) is 42.5 Å². The number of Topliss-reactive ketones (excluding diaryl/α,β-unsaturated/α-hetero) is 1. The molecule has 0 radical (unpaired) electrons. The molecule has 2 N–H and O–H groups in total. The first-order valence-corrected chi connectivity index (χ1v) is 9.68. The molecule has 30 heavy (non-hydrogen) atoms. The van der Waals surface area contributed by atoms with Crippen molar-refractivity contribution in [3.05, 3.63) is 82.4 Å². The minimum atomic E-state index is -0.659. The third kappa shape index (κ3) is 3.18. The van der Waals surface area contributed by atoms with E-state index in [-0.39, 0.29) is 23.2 Å². The maximum atomic E-state index is 13.3. The van der Waals surface area contributed by atoms with Crippen LogP contribution in [0, 0.1) is 11.3 Å². The molecule has 0 bridgehead atoms. The highest BCUT2D eigenvalue weighted by molar-refractivity contribution is 6.00. The summed E-state index contributed by atoms with van der Waals surface area (Å²) in [7, 11) is 3.07. The van der Waals surface area contributed by atoms with E-state index in [1.165, 1.54) is 7.11 Å². The lowest BCUT2D eigenvalue weighted by molar-refractivity contribution is -0.117. The van der Waals surface area contributed by atoms with Crippen molar-refractivity contribution in [1.82, 2.24) is 0 Å². The molecule has 2 atom stereocenters. The van der Waals surface area contributed by atoms with Crippen molar-refractivity contribution in [2.24, 2.45) is 5.73 Å². The van der Waals surface area contributed by atoms with Gasteiger partial charge in [-0.25, -0.2) is 0 Å². The highest BCUT2D eigenvalue weighted by Gasteiger charge is 2.42. The normalized spacial score (nSPS) is 20.9. The van der Waals surface area contributed by atoms with Gasteiger partial charge in [0.25, 0.3) is 0 Å². The molecule has 2 aromatic carbocycles. The van der Waals surface area contributed by atoms with Crippen molar-refractivity contribution in [1.29, 1.82) is 5.26 Å². The monoisotopic (exact) mass is 402 g/mol. The Morgan fingerprint density at radius 3 is 2.50 bits per heavy atom. The van der Waals surface area contributed by atoms with Gasteiger partial charge >= 0.3 is 0 Å². The number of hydrogen-bond donors (Lipinski definition) is 1. The van der Waals surface area contributed by atoms with Crippen molar-refractivity contribution in [2.45, 2.75) is 24.7 Å². The first-order valence-electron chi connectivity index (χ1n) is 9.68. The second kappa shape index (κ2) is 7.96. The molecule has 1 aliphatic carbocycles. The second-order valence-corrected chi connectivity index (χ2v) is 7.28. The van der Waals surface area contributed by atoms with Crippen molar-refractivity contribution >= 4 is 5.78 Å². The minimum Gasteiger partial charge on any atom is -0.493 e. The number of carbonyl (C=O) groups is 1. The number of ketones is 1. The van der Waals surface area contributed by atoms with E-state index in [9.17, 15) is 10.1 Å². The number of benzene rings is 2. The molecule has 0 amide bonds. The standard InChI is InChI=1S/C24H22N2O4/c1-28-19-10-6-9-16(23(19)29-2)21-17(13-25)24(26)30-20-12-15(11-18(27)22(20)21)14-7-4-3-5-8-14/h3-10,15,21H,11-12,26H2,1-2H3/t15-,21+/m1/s1. The number of nitriles is 1. The number of ether oxygens (including phenoxy) is 3. The molecular formula is C24H22N2O4. The molecule has 0 aromatic heterocycles. The van der Waals surface area contributed by atoms with Gasteiger partial charge < -0.3 is 19.9 Å². The molecule has 1 heterocycles. The Hall–Kier alpha value is -3.72. The number of nitrogens with zero attached hydrogens (tertiary/aromatic N) is 1. The van der Waals surface area contributed by atoms with Crippen LogP contribution in [-0.4, -0.2) is 20.0 Å². The summed E-state index contributed by atoms with van der Waals surface area (Å²) in [5, 5.41) is 9.82. The molecule has 1 aliphatic heterocycles. The third-order valence-electron chi connectivity index (χ3n) is 5.68. The molecule has 152 valence electrons. The number of para-hydroxylation sites is 1. The molecule has 0 saturated carbocycles. The quantitative estimate of drug-likeness (QED) is 0.833. The highest BCUT2D eigenvalue weighted by Crippen LogP contribution is 2.49. The number of hydrogen-bond acceptors (Lipinski definition) is 6. The number of nitrogens with two attached hydrogens (primary N) is 1. The van der Waals surface area contributed by atoms with Crippen molar-refractivity contribution in [3.63, 3.8) is 0 Å². The van der Waals surface area contributed by atoms with Gasteiger partial charge in [-0.3, -0.25) is 4.79 Å². The Balaban J connectivity index is 1.85. The summed E-state index contributed by atoms with van der Waals surface area (Å²) in [6.07, 6.45) is 0.876. The maximum Gasteiger partial charge on any atom is 0.205 e. The van der Waals surface area contributed by atoms with Crippen LogP contribution < -0.4 is 15.2 Å². The Labute approximate surface area is 175 Å². The zero-order valence-corrected chi connectivity index (χ0v) is 16.8. The van der Waals surface area contributed by atoms with Crippen LogP contribution in [-0.2, 0) is 9.53 Å². The van der Waals surface area contributed by atoms with E-state index in [0.29, 0.717) is 41.2 Å². The first-order chi connectivity index (χ1) is 14.6. The van der Waals surface area contributed by atoms with E-state index < -0.39 is 5.92 Å². The van der Waals surface area contributed by atoms with Gasteiger partial charge in [0.1, 0.15) is 17.4 Å². The molecule has 4 rings (SSSR count). The van der Waals surface area contributed by atoms with Crippen LogP contribution >= 0.6 is 0 Å². The van der Waals surface area contributed by atoms with Gasteiger partial charge in [-0.05, 0) is 17.5 Å². The highest BCUT2D eigenvalue weighted by atomic mass is 16.5. The fourth-order valence-electron chi connectivity index (χ4n) is 4.32. The van der Waals surface area contributed by atoms with Gasteiger partial charge in [-0.2, -0.15) is 5.26 Å². The van der Waals surface area contributed by atoms with E-state index in [4.69, 9.17) is 19.9 Å². The Morgan fingerprint density at radius 1 is 1.07 bits per heavy atom. The Kier molecular flexibility index (Phi) is 5.20. The predicted molar refractivity (Wildman–Crippen MR) is 111 cm³/mol. The van der Waals surface area contributed by atoms with E-state index in [2.05, 4.69) is 6.07 Å². The van der Waals surface area contributed by atoms with Crippen molar-refractivity contribution in [2.75, 3.05) is 14.2 Å². The van der Waals surface area contributed by atoms with Crippen LogP contribution in [0.4, 0.5) is 0 Å². The van der Waals surface area contributed by atoms with Crippen LogP contribution in [0.3, 0.4) is 0 Å². The largest absolute Gasteiger partial charge is 0.493 e. The minimum absolute atomic E-state index is 0.00161. The van der Waals surface area contributed by atoms with E-state index in [1.54, 1.807) is 19.2 Å². The molecule has 0 spiro atoms. The van der Waals surface area contributed by atoms with Crippen molar-refractivity contribution < 1.29 is 19.0 Å². The van der Waals surface area contributed by atoms with Crippen LogP contribution in [0.5, 0.6) is 11.5 Å². The molecule has 0 saturated heterocycles. The summed E-state index contributed by atoms with van der Waals surface area (Å²) < 4.78 is 16.8. The molecular weight excluding hydrogens is 380 g/mol. The van der Waals surface area contributed by atoms with Crippen LogP contribution in [0.15, 0.2) is 71.3 Å². The van der Waals surface area contributed by atoms with Gasteiger partial charge in [0.2, 0.25) is 5.88 Å². The van der Waals surface area contributed by atoms with E-state index in [0.717, 1.165) is 5.56 Å². The fourth-order valence-corrected chi connectivity index (χ4v) is 4.32. The second-order valence-electron chi connectivity index (χ2n) is 7.28. The summed E-state index contributed by atoms with van der Waals surface area (Å²) in [4.78, 5) is 13.3. The molecule has 0 fully saturated rings. The number of carbonyl (C=O) groups excluding carboxylic acids is 1. The van der Waals surface area contributed by atoms with Crippen LogP contribution in [0.2, 0.25) is 0 Å². The maximum absolute atomic E-state index is 13.3. The van der Waals surface area contributed by atoms with Crippen LogP contribution in [0.25, 0.3) is 0 Å². The molecule has 2 aromatic rings. The summed E-state index contributed by atoms with van der Waals surface area (Å²) in [5.74, 6) is 0.816. The Bertz CT molecular complexity index is 1100. The van der Waals surface area contributed by atoms with Crippen molar-refractivity contribution in [3.8, 4) is 17.6 Å². The van der Waals surface area contributed by atoms with Crippen LogP contribution in [0.1, 0.15) is 35.8 Å². The van der Waals surface area contributed by atoms with E-state index in [1.807, 2.05) is 36.4 Å². The van der Waals surface area contributed by atoms with Gasteiger partial charge in [0.05, 0.1) is 20.1 Å². The lowest BCUT2D eigenvalue weighted by Crippen LogP contribution is -2.30. The van der Waals surface area contributed by atoms with Gasteiger partial charge in [0, 0.05) is 24.0 Å². The molecule has 2 aliphatic rings. The summed E-state index contributed by atoms with van der Waals surface area (Å²) in [5.41, 5.74) is 8.53. The van der Waals surface area contributed by atoms with E-state index >= 15 is 0 Å². The lowest BCUT2D eigenvalue weighted by atomic mass is 9.73. The average molecular weight is 402 g/mol. The molecule has 6 heteroatoms. The molecule has 6 nitrogen and oxygen atoms in total.